The molecule has 1 atom stereocenters. The Morgan fingerprint density at radius 3 is 2.13 bits per heavy atom. The van der Waals surface area contributed by atoms with Crippen LogP contribution in [0.1, 0.15) is 34.1 Å². The third-order valence-electron chi connectivity index (χ3n) is 4.31. The van der Waals surface area contributed by atoms with E-state index in [2.05, 4.69) is 25.9 Å². The number of aromatic nitrogens is 4. The molecule has 0 aliphatic heterocycles. The number of aromatic amines is 1. The first kappa shape index (κ1) is 22.7. The van der Waals surface area contributed by atoms with Crippen molar-refractivity contribution in [3.05, 3.63) is 76.6 Å². The molecule has 12 heteroatoms. The maximum atomic E-state index is 13.0. The summed E-state index contributed by atoms with van der Waals surface area (Å²) in [7, 11) is 0. The van der Waals surface area contributed by atoms with E-state index in [0.29, 0.717) is 18.0 Å². The first-order valence-corrected chi connectivity index (χ1v) is 9.00. The predicted octanol–water partition coefficient (Wildman–Crippen LogP) is 4.29. The molecule has 0 saturated carbocycles. The fraction of sp³-hybridized carbons (Fsp3) is 0.316. The summed E-state index contributed by atoms with van der Waals surface area (Å²) >= 11 is 0. The molecular formula is C19H17F6N5O. The van der Waals surface area contributed by atoms with E-state index in [-0.39, 0.29) is 24.8 Å². The highest BCUT2D eigenvalue weighted by atomic mass is 19.4. The summed E-state index contributed by atoms with van der Waals surface area (Å²) in [5.41, 5.74) is -2.17. The van der Waals surface area contributed by atoms with Gasteiger partial charge in [0.25, 0.3) is 0 Å². The lowest BCUT2D eigenvalue weighted by Crippen LogP contribution is -2.26. The quantitative estimate of drug-likeness (QED) is 0.506. The Morgan fingerprint density at radius 1 is 0.935 bits per heavy atom. The number of tetrazole rings is 1. The van der Waals surface area contributed by atoms with Crippen molar-refractivity contribution in [3.8, 4) is 0 Å². The molecule has 3 aromatic rings. The highest BCUT2D eigenvalue weighted by Gasteiger charge is 2.36. The van der Waals surface area contributed by atoms with Gasteiger partial charge in [-0.3, -0.25) is 0 Å². The van der Waals surface area contributed by atoms with Gasteiger partial charge in [-0.25, -0.2) is 5.10 Å². The van der Waals surface area contributed by atoms with Crippen molar-refractivity contribution >= 4 is 0 Å². The van der Waals surface area contributed by atoms with E-state index >= 15 is 0 Å². The van der Waals surface area contributed by atoms with Crippen molar-refractivity contribution < 1.29 is 31.1 Å². The van der Waals surface area contributed by atoms with Crippen molar-refractivity contribution in [1.29, 1.82) is 0 Å². The first-order valence-electron chi connectivity index (χ1n) is 9.00. The van der Waals surface area contributed by atoms with Gasteiger partial charge in [-0.05, 0) is 39.8 Å². The number of hydrogen-bond donors (Lipinski definition) is 2. The van der Waals surface area contributed by atoms with E-state index in [0.717, 1.165) is 5.56 Å². The predicted molar refractivity (Wildman–Crippen MR) is 96.3 cm³/mol. The number of rotatable bonds is 8. The van der Waals surface area contributed by atoms with Crippen LogP contribution in [-0.2, 0) is 30.2 Å². The number of halogens is 6. The van der Waals surface area contributed by atoms with Crippen molar-refractivity contribution in [1.82, 2.24) is 25.9 Å². The monoisotopic (exact) mass is 445 g/mol. The van der Waals surface area contributed by atoms with Crippen LogP contribution in [-0.4, -0.2) is 27.2 Å². The molecule has 0 amide bonds. The molecule has 0 saturated heterocycles. The summed E-state index contributed by atoms with van der Waals surface area (Å²) in [6.45, 7) is -0.192. The Morgan fingerprint density at radius 2 is 1.58 bits per heavy atom. The van der Waals surface area contributed by atoms with Gasteiger partial charge in [0.15, 0.2) is 5.82 Å². The average molecular weight is 445 g/mol. The lowest BCUT2D eigenvalue weighted by molar-refractivity contribution is -0.143. The average Bonchev–Trinajstić information content (AvgIpc) is 3.23. The van der Waals surface area contributed by atoms with Crippen molar-refractivity contribution in [2.45, 2.75) is 31.5 Å². The van der Waals surface area contributed by atoms with Gasteiger partial charge in [-0.15, -0.1) is 5.10 Å². The molecule has 0 fully saturated rings. The van der Waals surface area contributed by atoms with E-state index in [1.807, 2.05) is 18.2 Å². The van der Waals surface area contributed by atoms with Crippen LogP contribution in [0, 0.1) is 0 Å². The van der Waals surface area contributed by atoms with Gasteiger partial charge in [0.2, 0.25) is 0 Å². The van der Waals surface area contributed by atoms with Gasteiger partial charge >= 0.3 is 12.4 Å². The van der Waals surface area contributed by atoms with E-state index < -0.39 is 36.1 Å². The molecule has 0 radical (unpaired) electrons. The third kappa shape index (κ3) is 6.49. The van der Waals surface area contributed by atoms with Crippen LogP contribution < -0.4 is 5.32 Å². The number of nitrogens with one attached hydrogen (secondary N) is 2. The van der Waals surface area contributed by atoms with E-state index in [9.17, 15) is 26.3 Å². The molecule has 2 aromatic carbocycles. The minimum absolute atomic E-state index is 0.0107. The number of hydrogen-bond acceptors (Lipinski definition) is 5. The molecule has 1 heterocycles. The number of H-pyrrole nitrogens is 1. The van der Waals surface area contributed by atoms with Gasteiger partial charge in [0.1, 0.15) is 0 Å². The largest absolute Gasteiger partial charge is 0.416 e. The zero-order valence-corrected chi connectivity index (χ0v) is 15.8. The molecule has 0 aliphatic carbocycles. The van der Waals surface area contributed by atoms with Crippen LogP contribution in [0.15, 0.2) is 48.5 Å². The molecule has 31 heavy (non-hydrogen) atoms. The van der Waals surface area contributed by atoms with Crippen LogP contribution in [0.25, 0.3) is 0 Å². The normalized spacial score (nSPS) is 13.4. The van der Waals surface area contributed by atoms with Gasteiger partial charge in [-0.1, -0.05) is 30.3 Å². The van der Waals surface area contributed by atoms with E-state index in [4.69, 9.17) is 4.74 Å². The second-order valence-corrected chi connectivity index (χ2v) is 6.62. The minimum Gasteiger partial charge on any atom is -0.375 e. The SMILES string of the molecule is FC(F)(F)c1cc(COC[C@@H](NCc2nnn[nH]2)c2ccccc2)cc(C(F)(F)F)c1. The molecule has 6 nitrogen and oxygen atoms in total. The van der Waals surface area contributed by atoms with Crippen LogP contribution in [0.2, 0.25) is 0 Å². The lowest BCUT2D eigenvalue weighted by Gasteiger charge is -2.19. The zero-order chi connectivity index (χ0) is 22.5. The van der Waals surface area contributed by atoms with Crippen LogP contribution in [0.4, 0.5) is 26.3 Å². The smallest absolute Gasteiger partial charge is 0.375 e. The molecular weight excluding hydrogens is 428 g/mol. The Hall–Kier alpha value is -2.99. The maximum Gasteiger partial charge on any atom is 0.416 e. The molecule has 1 aromatic heterocycles. The number of benzene rings is 2. The summed E-state index contributed by atoms with van der Waals surface area (Å²) in [5, 5.41) is 16.4. The van der Waals surface area contributed by atoms with Gasteiger partial charge in [0, 0.05) is 0 Å². The number of alkyl halides is 6. The Bertz CT molecular complexity index is 928. The Balaban J connectivity index is 1.72. The molecule has 0 aliphatic rings. The highest BCUT2D eigenvalue weighted by molar-refractivity contribution is 5.33. The molecule has 0 unspecified atom stereocenters. The Labute approximate surface area is 172 Å². The summed E-state index contributed by atoms with van der Waals surface area (Å²) in [4.78, 5) is 0. The molecule has 166 valence electrons. The minimum atomic E-state index is -4.91. The Kier molecular flexibility index (Phi) is 6.91. The lowest BCUT2D eigenvalue weighted by atomic mass is 10.0. The van der Waals surface area contributed by atoms with Crippen molar-refractivity contribution in [3.63, 3.8) is 0 Å². The highest BCUT2D eigenvalue weighted by Crippen LogP contribution is 2.36. The topological polar surface area (TPSA) is 75.7 Å². The van der Waals surface area contributed by atoms with Crippen molar-refractivity contribution in [2.24, 2.45) is 0 Å². The van der Waals surface area contributed by atoms with Crippen molar-refractivity contribution in [2.75, 3.05) is 6.61 Å². The number of nitrogens with zero attached hydrogens (tertiary/aromatic N) is 3. The second kappa shape index (κ2) is 9.43. The molecule has 2 N–H and O–H groups in total. The molecule has 0 bridgehead atoms. The fourth-order valence-corrected chi connectivity index (χ4v) is 2.83. The second-order valence-electron chi connectivity index (χ2n) is 6.62. The summed E-state index contributed by atoms with van der Waals surface area (Å²) < 4.78 is 83.5. The molecule has 3 rings (SSSR count). The first-order chi connectivity index (χ1) is 14.6. The fourth-order valence-electron chi connectivity index (χ4n) is 2.83. The van der Waals surface area contributed by atoms with Gasteiger partial charge in [-0.2, -0.15) is 26.3 Å². The van der Waals surface area contributed by atoms with Crippen LogP contribution in [0.3, 0.4) is 0 Å². The van der Waals surface area contributed by atoms with Gasteiger partial charge < -0.3 is 10.1 Å². The van der Waals surface area contributed by atoms with Crippen LogP contribution in [0.5, 0.6) is 0 Å². The van der Waals surface area contributed by atoms with E-state index in [1.54, 1.807) is 12.1 Å². The van der Waals surface area contributed by atoms with Gasteiger partial charge in [0.05, 0.1) is 36.9 Å². The van der Waals surface area contributed by atoms with Crippen LogP contribution >= 0.6 is 0 Å². The zero-order valence-electron chi connectivity index (χ0n) is 15.8. The standard InChI is InChI=1S/C19H17F6N5O/c20-18(21,22)14-6-12(7-15(8-14)19(23,24)25)10-31-11-16(13-4-2-1-3-5-13)26-9-17-27-29-30-28-17/h1-8,16,26H,9-11H2,(H,27,28,29,30)/t16-/m1/s1. The maximum absolute atomic E-state index is 13.0. The summed E-state index contributed by atoms with van der Waals surface area (Å²) in [6, 6.07) is 10.0. The summed E-state index contributed by atoms with van der Waals surface area (Å²) in [6.07, 6.45) is -9.81. The summed E-state index contributed by atoms with van der Waals surface area (Å²) in [5.74, 6) is 0.452. The third-order valence-corrected chi connectivity index (χ3v) is 4.31. The molecule has 0 spiro atoms. The van der Waals surface area contributed by atoms with E-state index in [1.165, 1.54) is 0 Å². The number of ether oxygens (including phenoxy) is 1.